The molecule has 2 saturated carbocycles. The van der Waals surface area contributed by atoms with Crippen molar-refractivity contribution in [1.29, 1.82) is 0 Å². The molecule has 1 amide bonds. The molecule has 1 heterocycles. The lowest BCUT2D eigenvalue weighted by Gasteiger charge is -2.43. The van der Waals surface area contributed by atoms with Gasteiger partial charge in [-0.1, -0.05) is 42.8 Å². The van der Waals surface area contributed by atoms with Gasteiger partial charge in [0.05, 0.1) is 11.7 Å². The van der Waals surface area contributed by atoms with Gasteiger partial charge in [-0.15, -0.1) is 0 Å². The summed E-state index contributed by atoms with van der Waals surface area (Å²) in [5.74, 6) is 1.22. The van der Waals surface area contributed by atoms with Crippen LogP contribution in [0.3, 0.4) is 0 Å². The van der Waals surface area contributed by atoms with Gasteiger partial charge in [0.25, 0.3) is 0 Å². The van der Waals surface area contributed by atoms with Gasteiger partial charge in [0, 0.05) is 18.2 Å². The minimum atomic E-state index is -0.208. The molecular formula is C22H27N3O. The zero-order chi connectivity index (χ0) is 17.9. The van der Waals surface area contributed by atoms with E-state index in [1.807, 2.05) is 48.5 Å². The predicted molar refractivity (Wildman–Crippen MR) is 102 cm³/mol. The smallest absolute Gasteiger partial charge is 0.223 e. The minimum Gasteiger partial charge on any atom is -0.343 e. The molecule has 2 aliphatic carbocycles. The SMILES string of the molecule is NC1C2CCCC1CC(C(=O)NC(c1ccccc1)c1ccccn1)C2. The Kier molecular flexibility index (Phi) is 5.02. The largest absolute Gasteiger partial charge is 0.343 e. The van der Waals surface area contributed by atoms with Crippen LogP contribution in [0.4, 0.5) is 0 Å². The fourth-order valence-corrected chi connectivity index (χ4v) is 4.78. The van der Waals surface area contributed by atoms with E-state index in [1.54, 1.807) is 6.20 Å². The van der Waals surface area contributed by atoms with Gasteiger partial charge in [0.15, 0.2) is 0 Å². The van der Waals surface area contributed by atoms with Crippen molar-refractivity contribution in [2.45, 2.75) is 44.2 Å². The first-order valence-electron chi connectivity index (χ1n) is 9.74. The monoisotopic (exact) mass is 349 g/mol. The maximum Gasteiger partial charge on any atom is 0.223 e. The molecule has 136 valence electrons. The first-order valence-corrected chi connectivity index (χ1v) is 9.74. The topological polar surface area (TPSA) is 68.0 Å². The predicted octanol–water partition coefficient (Wildman–Crippen LogP) is 3.44. The molecule has 0 aliphatic heterocycles. The number of fused-ring (bicyclic) bond motifs is 2. The summed E-state index contributed by atoms with van der Waals surface area (Å²) in [6.07, 6.45) is 7.23. The molecule has 3 N–H and O–H groups in total. The maximum atomic E-state index is 13.1. The lowest BCUT2D eigenvalue weighted by molar-refractivity contribution is -0.128. The van der Waals surface area contributed by atoms with Crippen molar-refractivity contribution >= 4 is 5.91 Å². The maximum absolute atomic E-state index is 13.1. The molecule has 0 saturated heterocycles. The standard InChI is InChI=1S/C22H27N3O/c23-20-16-9-6-10-17(20)14-18(13-16)22(26)25-21(15-7-2-1-3-8-15)19-11-4-5-12-24-19/h1-5,7-8,11-12,16-18,20-21H,6,9-10,13-14,23H2,(H,25,26). The van der Waals surface area contributed by atoms with E-state index in [-0.39, 0.29) is 23.9 Å². The Morgan fingerprint density at radius 1 is 1.04 bits per heavy atom. The molecule has 2 aromatic rings. The summed E-state index contributed by atoms with van der Waals surface area (Å²) in [4.78, 5) is 17.6. The van der Waals surface area contributed by atoms with Gasteiger partial charge < -0.3 is 11.1 Å². The zero-order valence-electron chi connectivity index (χ0n) is 15.1. The molecule has 1 aromatic carbocycles. The van der Waals surface area contributed by atoms with Gasteiger partial charge in [-0.25, -0.2) is 0 Å². The number of hydrogen-bond donors (Lipinski definition) is 2. The summed E-state index contributed by atoms with van der Waals surface area (Å²) in [7, 11) is 0. The van der Waals surface area contributed by atoms with E-state index in [0.717, 1.165) is 24.1 Å². The second-order valence-electron chi connectivity index (χ2n) is 7.80. The third-order valence-corrected chi connectivity index (χ3v) is 6.19. The highest BCUT2D eigenvalue weighted by atomic mass is 16.1. The lowest BCUT2D eigenvalue weighted by Crippen LogP contribution is -2.49. The Morgan fingerprint density at radius 2 is 1.73 bits per heavy atom. The van der Waals surface area contributed by atoms with Gasteiger partial charge in [0.2, 0.25) is 5.91 Å². The fourth-order valence-electron chi connectivity index (χ4n) is 4.78. The summed E-state index contributed by atoms with van der Waals surface area (Å²) >= 11 is 0. The average Bonchev–Trinajstić information content (AvgIpc) is 2.67. The van der Waals surface area contributed by atoms with Crippen molar-refractivity contribution in [3.8, 4) is 0 Å². The van der Waals surface area contributed by atoms with Crippen LogP contribution in [0.15, 0.2) is 54.7 Å². The molecule has 2 bridgehead atoms. The molecule has 2 aliphatic rings. The number of nitrogens with one attached hydrogen (secondary N) is 1. The summed E-state index contributed by atoms with van der Waals surface area (Å²) in [6, 6.07) is 16.0. The van der Waals surface area contributed by atoms with Crippen LogP contribution in [0.2, 0.25) is 0 Å². The summed E-state index contributed by atoms with van der Waals surface area (Å²) in [6.45, 7) is 0. The second-order valence-corrected chi connectivity index (χ2v) is 7.80. The van der Waals surface area contributed by atoms with Crippen molar-refractivity contribution < 1.29 is 4.79 Å². The normalized spacial score (nSPS) is 29.0. The summed E-state index contributed by atoms with van der Waals surface area (Å²) in [5, 5.41) is 3.28. The molecule has 1 aromatic heterocycles. The van der Waals surface area contributed by atoms with Crippen LogP contribution in [0, 0.1) is 17.8 Å². The van der Waals surface area contributed by atoms with E-state index in [1.165, 1.54) is 19.3 Å². The number of carbonyl (C=O) groups is 1. The Balaban J connectivity index is 1.53. The third-order valence-electron chi connectivity index (χ3n) is 6.19. The molecule has 4 nitrogen and oxygen atoms in total. The van der Waals surface area contributed by atoms with Crippen molar-refractivity contribution in [2.24, 2.45) is 23.5 Å². The summed E-state index contributed by atoms with van der Waals surface area (Å²) < 4.78 is 0. The highest BCUT2D eigenvalue weighted by molar-refractivity contribution is 5.79. The molecule has 2 fully saturated rings. The quantitative estimate of drug-likeness (QED) is 0.888. The van der Waals surface area contributed by atoms with Gasteiger partial charge in [-0.05, 0) is 55.2 Å². The highest BCUT2D eigenvalue weighted by Gasteiger charge is 2.41. The zero-order valence-corrected chi connectivity index (χ0v) is 15.1. The molecule has 3 unspecified atom stereocenters. The van der Waals surface area contributed by atoms with E-state index in [0.29, 0.717) is 11.8 Å². The van der Waals surface area contributed by atoms with Crippen molar-refractivity contribution in [3.63, 3.8) is 0 Å². The average molecular weight is 349 g/mol. The number of aromatic nitrogens is 1. The number of nitrogens with zero attached hydrogens (tertiary/aromatic N) is 1. The number of pyridine rings is 1. The Morgan fingerprint density at radius 3 is 2.38 bits per heavy atom. The van der Waals surface area contributed by atoms with Crippen molar-refractivity contribution in [3.05, 3.63) is 66.0 Å². The van der Waals surface area contributed by atoms with E-state index >= 15 is 0 Å². The number of carbonyl (C=O) groups excluding carboxylic acids is 1. The van der Waals surface area contributed by atoms with Crippen LogP contribution in [-0.4, -0.2) is 16.9 Å². The number of nitrogens with two attached hydrogens (primary N) is 1. The van der Waals surface area contributed by atoms with E-state index < -0.39 is 0 Å². The van der Waals surface area contributed by atoms with Crippen LogP contribution < -0.4 is 11.1 Å². The van der Waals surface area contributed by atoms with Crippen molar-refractivity contribution in [2.75, 3.05) is 0 Å². The van der Waals surface area contributed by atoms with E-state index in [4.69, 9.17) is 5.73 Å². The number of hydrogen-bond acceptors (Lipinski definition) is 3. The lowest BCUT2D eigenvalue weighted by atomic mass is 9.65. The van der Waals surface area contributed by atoms with Gasteiger partial charge in [-0.2, -0.15) is 0 Å². The Bertz CT molecular complexity index is 680. The first-order chi connectivity index (χ1) is 12.7. The molecule has 0 radical (unpaired) electrons. The van der Waals surface area contributed by atoms with Crippen LogP contribution >= 0.6 is 0 Å². The van der Waals surface area contributed by atoms with Gasteiger partial charge >= 0.3 is 0 Å². The van der Waals surface area contributed by atoms with Gasteiger partial charge in [0.1, 0.15) is 0 Å². The second kappa shape index (κ2) is 7.58. The van der Waals surface area contributed by atoms with Crippen LogP contribution in [0.25, 0.3) is 0 Å². The van der Waals surface area contributed by atoms with Crippen molar-refractivity contribution in [1.82, 2.24) is 10.3 Å². The first kappa shape index (κ1) is 17.2. The molecule has 0 spiro atoms. The minimum absolute atomic E-state index is 0.0695. The van der Waals surface area contributed by atoms with Gasteiger partial charge in [-0.3, -0.25) is 9.78 Å². The van der Waals surface area contributed by atoms with Crippen LogP contribution in [0.1, 0.15) is 49.4 Å². The third kappa shape index (κ3) is 3.51. The molecule has 3 atom stereocenters. The molecular weight excluding hydrogens is 322 g/mol. The Hall–Kier alpha value is -2.20. The van der Waals surface area contributed by atoms with Crippen LogP contribution in [-0.2, 0) is 4.79 Å². The van der Waals surface area contributed by atoms with E-state index in [9.17, 15) is 4.79 Å². The fraction of sp³-hybridized carbons (Fsp3) is 0.455. The summed E-state index contributed by atoms with van der Waals surface area (Å²) in [5.41, 5.74) is 8.33. The number of amides is 1. The number of rotatable bonds is 4. The highest BCUT2D eigenvalue weighted by Crippen LogP contribution is 2.42. The molecule has 4 rings (SSSR count). The molecule has 4 heteroatoms. The van der Waals surface area contributed by atoms with Crippen LogP contribution in [0.5, 0.6) is 0 Å². The Labute approximate surface area is 155 Å². The van der Waals surface area contributed by atoms with E-state index in [2.05, 4.69) is 10.3 Å². The number of benzene rings is 1. The molecule has 26 heavy (non-hydrogen) atoms.